The fourth-order valence-corrected chi connectivity index (χ4v) is 0.998. The molecule has 0 aliphatic rings. The summed E-state index contributed by atoms with van der Waals surface area (Å²) in [6, 6.07) is 0. The van der Waals surface area contributed by atoms with E-state index in [-0.39, 0.29) is 5.95 Å². The molecule has 3 nitrogen and oxygen atoms in total. The standard InChI is InChI=1S/C7H9F2N3S/c1-13-5-2-10-7(11-3-5)12-4-6(8)9/h2-3,6H,4H2,1H3,(H,10,11,12). The van der Waals surface area contributed by atoms with E-state index in [1.54, 1.807) is 12.4 Å². The van der Waals surface area contributed by atoms with Crippen LogP contribution in [0.2, 0.25) is 0 Å². The molecule has 13 heavy (non-hydrogen) atoms. The molecule has 0 saturated carbocycles. The summed E-state index contributed by atoms with van der Waals surface area (Å²) in [6.45, 7) is -0.418. The lowest BCUT2D eigenvalue weighted by molar-refractivity contribution is 0.163. The van der Waals surface area contributed by atoms with Crippen LogP contribution in [0.5, 0.6) is 0 Å². The molecule has 0 bridgehead atoms. The van der Waals surface area contributed by atoms with Gasteiger partial charge in [-0.25, -0.2) is 18.7 Å². The summed E-state index contributed by atoms with van der Waals surface area (Å²) < 4.78 is 23.5. The monoisotopic (exact) mass is 205 g/mol. The average molecular weight is 205 g/mol. The van der Waals surface area contributed by atoms with Crippen LogP contribution >= 0.6 is 11.8 Å². The number of thioether (sulfide) groups is 1. The fraction of sp³-hybridized carbons (Fsp3) is 0.429. The van der Waals surface area contributed by atoms with Crippen molar-refractivity contribution < 1.29 is 8.78 Å². The van der Waals surface area contributed by atoms with E-state index in [1.165, 1.54) is 11.8 Å². The summed E-state index contributed by atoms with van der Waals surface area (Å²) in [6.07, 6.45) is 2.69. The first-order valence-electron chi connectivity index (χ1n) is 3.60. The number of aromatic nitrogens is 2. The quantitative estimate of drug-likeness (QED) is 0.761. The third-order valence-electron chi connectivity index (χ3n) is 1.28. The molecule has 0 saturated heterocycles. The van der Waals surface area contributed by atoms with Crippen LogP contribution in [0.3, 0.4) is 0 Å². The molecule has 1 aromatic heterocycles. The summed E-state index contributed by atoms with van der Waals surface area (Å²) in [5.41, 5.74) is 0. The van der Waals surface area contributed by atoms with Gasteiger partial charge in [0.2, 0.25) is 5.95 Å². The maximum atomic E-state index is 11.7. The summed E-state index contributed by atoms with van der Waals surface area (Å²) in [5, 5.41) is 2.41. The number of hydrogen-bond donors (Lipinski definition) is 1. The number of anilines is 1. The first kappa shape index (κ1) is 10.2. The van der Waals surface area contributed by atoms with Crippen molar-refractivity contribution in [3.05, 3.63) is 12.4 Å². The lowest BCUT2D eigenvalue weighted by Crippen LogP contribution is -2.12. The SMILES string of the molecule is CSc1cnc(NCC(F)F)nc1. The van der Waals surface area contributed by atoms with Gasteiger partial charge in [0.1, 0.15) is 0 Å². The summed E-state index contributed by atoms with van der Waals surface area (Å²) >= 11 is 1.50. The Labute approximate surface area is 79.0 Å². The van der Waals surface area contributed by atoms with Gasteiger partial charge >= 0.3 is 0 Å². The number of halogens is 2. The Kier molecular flexibility index (Phi) is 3.88. The van der Waals surface area contributed by atoms with E-state index < -0.39 is 13.0 Å². The zero-order valence-corrected chi connectivity index (χ0v) is 7.81. The van der Waals surface area contributed by atoms with Gasteiger partial charge in [-0.2, -0.15) is 0 Å². The molecule has 0 radical (unpaired) electrons. The van der Waals surface area contributed by atoms with Crippen molar-refractivity contribution in [3.63, 3.8) is 0 Å². The molecule has 1 aromatic rings. The molecule has 1 N–H and O–H groups in total. The van der Waals surface area contributed by atoms with E-state index in [9.17, 15) is 8.78 Å². The van der Waals surface area contributed by atoms with Crippen LogP contribution in [0, 0.1) is 0 Å². The number of hydrogen-bond acceptors (Lipinski definition) is 4. The molecule has 0 atom stereocenters. The molecular formula is C7H9F2N3S. The van der Waals surface area contributed by atoms with E-state index in [0.717, 1.165) is 4.90 Å². The molecule has 6 heteroatoms. The van der Waals surface area contributed by atoms with Crippen molar-refractivity contribution in [2.24, 2.45) is 0 Å². The largest absolute Gasteiger partial charge is 0.348 e. The van der Waals surface area contributed by atoms with Crippen LogP contribution in [0.15, 0.2) is 17.3 Å². The number of rotatable bonds is 4. The zero-order chi connectivity index (χ0) is 9.68. The Bertz CT molecular complexity index is 252. The van der Waals surface area contributed by atoms with Crippen LogP contribution < -0.4 is 5.32 Å². The molecule has 0 aliphatic carbocycles. The second-order valence-corrected chi connectivity index (χ2v) is 3.10. The zero-order valence-electron chi connectivity index (χ0n) is 7.00. The van der Waals surface area contributed by atoms with Gasteiger partial charge in [0.15, 0.2) is 0 Å². The minimum atomic E-state index is -2.39. The van der Waals surface area contributed by atoms with Crippen LogP contribution in [-0.4, -0.2) is 29.2 Å². The lowest BCUT2D eigenvalue weighted by atomic mass is 10.6. The second-order valence-electron chi connectivity index (χ2n) is 2.22. The Balaban J connectivity index is 2.49. The third-order valence-corrected chi connectivity index (χ3v) is 1.96. The molecule has 1 rings (SSSR count). The van der Waals surface area contributed by atoms with E-state index >= 15 is 0 Å². The van der Waals surface area contributed by atoms with Gasteiger partial charge in [0.25, 0.3) is 6.43 Å². The Morgan fingerprint density at radius 2 is 2.08 bits per heavy atom. The van der Waals surface area contributed by atoms with Gasteiger partial charge in [-0.05, 0) is 6.26 Å². The second kappa shape index (κ2) is 4.96. The Hall–Kier alpha value is -0.910. The number of alkyl halides is 2. The minimum Gasteiger partial charge on any atom is -0.348 e. The maximum Gasteiger partial charge on any atom is 0.255 e. The first-order chi connectivity index (χ1) is 6.22. The topological polar surface area (TPSA) is 37.8 Å². The van der Waals surface area contributed by atoms with E-state index in [1.807, 2.05) is 6.26 Å². The van der Waals surface area contributed by atoms with Crippen molar-refractivity contribution in [3.8, 4) is 0 Å². The molecule has 1 heterocycles. The Morgan fingerprint density at radius 1 is 1.46 bits per heavy atom. The molecular weight excluding hydrogens is 196 g/mol. The molecule has 0 spiro atoms. The summed E-state index contributed by atoms with van der Waals surface area (Å²) in [7, 11) is 0. The van der Waals surface area contributed by atoms with Gasteiger partial charge in [-0.1, -0.05) is 0 Å². The smallest absolute Gasteiger partial charge is 0.255 e. The van der Waals surface area contributed by atoms with Crippen LogP contribution in [0.4, 0.5) is 14.7 Å². The normalized spacial score (nSPS) is 10.5. The molecule has 72 valence electrons. The van der Waals surface area contributed by atoms with Crippen molar-refractivity contribution in [2.75, 3.05) is 18.1 Å². The minimum absolute atomic E-state index is 0.234. The highest BCUT2D eigenvalue weighted by Crippen LogP contribution is 2.11. The van der Waals surface area contributed by atoms with Crippen molar-refractivity contribution in [1.82, 2.24) is 9.97 Å². The summed E-state index contributed by atoms with van der Waals surface area (Å²) in [4.78, 5) is 8.60. The highest BCUT2D eigenvalue weighted by Gasteiger charge is 2.02. The predicted octanol–water partition coefficient (Wildman–Crippen LogP) is 1.88. The first-order valence-corrected chi connectivity index (χ1v) is 4.83. The molecule has 0 unspecified atom stereocenters. The van der Waals surface area contributed by atoms with Gasteiger partial charge in [0.05, 0.1) is 6.54 Å². The van der Waals surface area contributed by atoms with E-state index in [2.05, 4.69) is 15.3 Å². The van der Waals surface area contributed by atoms with Gasteiger partial charge < -0.3 is 5.32 Å². The van der Waals surface area contributed by atoms with E-state index in [4.69, 9.17) is 0 Å². The van der Waals surface area contributed by atoms with Crippen molar-refractivity contribution in [1.29, 1.82) is 0 Å². The Morgan fingerprint density at radius 3 is 2.54 bits per heavy atom. The number of nitrogens with one attached hydrogen (secondary N) is 1. The summed E-state index contributed by atoms with van der Waals surface area (Å²) in [5.74, 6) is 0.234. The van der Waals surface area contributed by atoms with Gasteiger partial charge in [-0.3, -0.25) is 0 Å². The molecule has 0 amide bonds. The average Bonchev–Trinajstić information content (AvgIpc) is 2.15. The van der Waals surface area contributed by atoms with Crippen LogP contribution in [0.1, 0.15) is 0 Å². The molecule has 0 fully saturated rings. The third kappa shape index (κ3) is 3.54. The van der Waals surface area contributed by atoms with Crippen molar-refractivity contribution in [2.45, 2.75) is 11.3 Å². The lowest BCUT2D eigenvalue weighted by Gasteiger charge is -2.03. The van der Waals surface area contributed by atoms with Crippen LogP contribution in [-0.2, 0) is 0 Å². The maximum absolute atomic E-state index is 11.7. The molecule has 0 aromatic carbocycles. The number of nitrogens with zero attached hydrogens (tertiary/aromatic N) is 2. The van der Waals surface area contributed by atoms with E-state index in [0.29, 0.717) is 0 Å². The molecule has 0 aliphatic heterocycles. The highest BCUT2D eigenvalue weighted by atomic mass is 32.2. The van der Waals surface area contributed by atoms with Crippen LogP contribution in [0.25, 0.3) is 0 Å². The predicted molar refractivity (Wildman–Crippen MR) is 48.3 cm³/mol. The van der Waals surface area contributed by atoms with Gasteiger partial charge in [0, 0.05) is 17.3 Å². The van der Waals surface area contributed by atoms with Gasteiger partial charge in [-0.15, -0.1) is 11.8 Å². The highest BCUT2D eigenvalue weighted by molar-refractivity contribution is 7.98. The fourth-order valence-electron chi connectivity index (χ4n) is 0.681. The van der Waals surface area contributed by atoms with Crippen molar-refractivity contribution >= 4 is 17.7 Å².